The van der Waals surface area contributed by atoms with Crippen molar-refractivity contribution in [2.45, 2.75) is 26.3 Å². The Morgan fingerprint density at radius 1 is 1.45 bits per heavy atom. The number of nitrogens with one attached hydrogen (secondary N) is 2. The van der Waals surface area contributed by atoms with Crippen LogP contribution in [0.15, 0.2) is 0 Å². The van der Waals surface area contributed by atoms with Gasteiger partial charge in [0.05, 0.1) is 6.04 Å². The molecule has 11 heavy (non-hydrogen) atoms. The highest BCUT2D eigenvalue weighted by Crippen LogP contribution is 2.03. The van der Waals surface area contributed by atoms with E-state index in [4.69, 9.17) is 0 Å². The van der Waals surface area contributed by atoms with Crippen LogP contribution in [0.1, 0.15) is 20.3 Å². The molecule has 1 fully saturated rings. The van der Waals surface area contributed by atoms with Crippen LogP contribution in [0.3, 0.4) is 0 Å². The molecule has 2 N–H and O–H groups in total. The Kier molecular flexibility index (Phi) is 2.88. The van der Waals surface area contributed by atoms with E-state index >= 15 is 0 Å². The molecule has 0 aromatic heterocycles. The van der Waals surface area contributed by atoms with E-state index in [-0.39, 0.29) is 11.9 Å². The van der Waals surface area contributed by atoms with E-state index in [0.717, 1.165) is 19.5 Å². The second-order valence-corrected chi connectivity index (χ2v) is 3.32. The summed E-state index contributed by atoms with van der Waals surface area (Å²) >= 11 is 0. The highest BCUT2D eigenvalue weighted by atomic mass is 16.2. The van der Waals surface area contributed by atoms with Crippen molar-refractivity contribution in [3.8, 4) is 0 Å². The van der Waals surface area contributed by atoms with E-state index in [9.17, 15) is 4.79 Å². The van der Waals surface area contributed by atoms with Crippen LogP contribution in [-0.4, -0.2) is 25.0 Å². The van der Waals surface area contributed by atoms with Gasteiger partial charge in [0.1, 0.15) is 0 Å². The third kappa shape index (κ3) is 2.19. The summed E-state index contributed by atoms with van der Waals surface area (Å²) in [6, 6.07) is 0.0116. The van der Waals surface area contributed by atoms with Crippen molar-refractivity contribution in [1.29, 1.82) is 0 Å². The Morgan fingerprint density at radius 3 is 2.82 bits per heavy atom. The monoisotopic (exact) mass is 156 g/mol. The Morgan fingerprint density at radius 2 is 2.18 bits per heavy atom. The van der Waals surface area contributed by atoms with Gasteiger partial charge < -0.3 is 10.6 Å². The second-order valence-electron chi connectivity index (χ2n) is 3.32. The van der Waals surface area contributed by atoms with Gasteiger partial charge in [-0.2, -0.15) is 0 Å². The molecule has 0 bridgehead atoms. The van der Waals surface area contributed by atoms with Gasteiger partial charge in [-0.15, -0.1) is 0 Å². The smallest absolute Gasteiger partial charge is 0.237 e. The highest BCUT2D eigenvalue weighted by molar-refractivity contribution is 5.82. The Bertz CT molecular complexity index is 145. The summed E-state index contributed by atoms with van der Waals surface area (Å²) in [5.41, 5.74) is 0. The predicted molar refractivity (Wildman–Crippen MR) is 44.3 cm³/mol. The van der Waals surface area contributed by atoms with Gasteiger partial charge >= 0.3 is 0 Å². The minimum Gasteiger partial charge on any atom is -0.355 e. The molecule has 1 aliphatic heterocycles. The van der Waals surface area contributed by atoms with Crippen molar-refractivity contribution in [2.75, 3.05) is 13.1 Å². The van der Waals surface area contributed by atoms with Crippen molar-refractivity contribution < 1.29 is 4.79 Å². The molecule has 1 aliphatic rings. The standard InChI is InChI=1S/C8H16N2O/c1-6(2)7-8(11)10-5-3-4-9-7/h6-7,9H,3-5H2,1-2H3,(H,10,11). The fourth-order valence-corrected chi connectivity index (χ4v) is 1.30. The van der Waals surface area contributed by atoms with Crippen molar-refractivity contribution in [1.82, 2.24) is 10.6 Å². The summed E-state index contributed by atoms with van der Waals surface area (Å²) in [4.78, 5) is 11.3. The van der Waals surface area contributed by atoms with E-state index < -0.39 is 0 Å². The van der Waals surface area contributed by atoms with Crippen molar-refractivity contribution >= 4 is 5.91 Å². The van der Waals surface area contributed by atoms with E-state index in [1.54, 1.807) is 0 Å². The normalized spacial score (nSPS) is 26.5. The molecule has 1 saturated heterocycles. The first-order chi connectivity index (χ1) is 5.22. The molecule has 0 aromatic carbocycles. The molecule has 3 nitrogen and oxygen atoms in total. The second kappa shape index (κ2) is 3.72. The zero-order valence-electron chi connectivity index (χ0n) is 7.18. The lowest BCUT2D eigenvalue weighted by Crippen LogP contribution is -2.44. The topological polar surface area (TPSA) is 41.1 Å². The molecule has 1 unspecified atom stereocenters. The largest absolute Gasteiger partial charge is 0.355 e. The number of carbonyl (C=O) groups excluding carboxylic acids is 1. The Labute approximate surface area is 67.5 Å². The number of carbonyl (C=O) groups is 1. The maximum Gasteiger partial charge on any atom is 0.237 e. The lowest BCUT2D eigenvalue weighted by molar-refractivity contribution is -0.123. The highest BCUT2D eigenvalue weighted by Gasteiger charge is 2.22. The van der Waals surface area contributed by atoms with Gasteiger partial charge in [-0.3, -0.25) is 4.79 Å². The zero-order valence-corrected chi connectivity index (χ0v) is 7.18. The Hall–Kier alpha value is -0.570. The summed E-state index contributed by atoms with van der Waals surface area (Å²) in [5, 5.41) is 6.09. The minimum atomic E-state index is 0.0116. The van der Waals surface area contributed by atoms with Crippen LogP contribution in [-0.2, 0) is 4.79 Å². The van der Waals surface area contributed by atoms with Gasteiger partial charge in [-0.05, 0) is 18.9 Å². The van der Waals surface area contributed by atoms with Crippen molar-refractivity contribution in [3.63, 3.8) is 0 Å². The molecule has 3 heteroatoms. The summed E-state index contributed by atoms with van der Waals surface area (Å²) in [5.74, 6) is 0.533. The van der Waals surface area contributed by atoms with E-state index in [1.807, 2.05) is 0 Å². The van der Waals surface area contributed by atoms with Crippen molar-refractivity contribution in [2.24, 2.45) is 5.92 Å². The molecule has 0 spiro atoms. The van der Waals surface area contributed by atoms with E-state index in [0.29, 0.717) is 5.92 Å². The average Bonchev–Trinajstić information content (AvgIpc) is 2.13. The van der Waals surface area contributed by atoms with E-state index in [2.05, 4.69) is 24.5 Å². The first kappa shape index (κ1) is 8.53. The first-order valence-electron chi connectivity index (χ1n) is 4.23. The molecular formula is C8H16N2O. The van der Waals surface area contributed by atoms with Crippen molar-refractivity contribution in [3.05, 3.63) is 0 Å². The minimum absolute atomic E-state index is 0.0116. The molecular weight excluding hydrogens is 140 g/mol. The third-order valence-electron chi connectivity index (χ3n) is 1.97. The van der Waals surface area contributed by atoms with Gasteiger partial charge in [0.2, 0.25) is 5.91 Å². The maximum atomic E-state index is 11.3. The molecule has 1 atom stereocenters. The molecule has 64 valence electrons. The fourth-order valence-electron chi connectivity index (χ4n) is 1.30. The quantitative estimate of drug-likeness (QED) is 0.566. The summed E-state index contributed by atoms with van der Waals surface area (Å²) in [6.45, 7) is 5.88. The molecule has 0 aromatic rings. The van der Waals surface area contributed by atoms with Crippen LogP contribution in [0, 0.1) is 5.92 Å². The van der Waals surface area contributed by atoms with Gasteiger partial charge in [0, 0.05) is 6.54 Å². The van der Waals surface area contributed by atoms with Crippen LogP contribution in [0.25, 0.3) is 0 Å². The van der Waals surface area contributed by atoms with Crippen LogP contribution in [0.4, 0.5) is 0 Å². The predicted octanol–water partition coefficient (Wildman–Crippen LogP) is 0.120. The number of hydrogen-bond donors (Lipinski definition) is 2. The van der Waals surface area contributed by atoms with Crippen LogP contribution >= 0.6 is 0 Å². The molecule has 1 heterocycles. The lowest BCUT2D eigenvalue weighted by atomic mass is 10.0. The van der Waals surface area contributed by atoms with Gasteiger partial charge in [0.15, 0.2) is 0 Å². The number of amides is 1. The first-order valence-corrected chi connectivity index (χ1v) is 4.23. The van der Waals surface area contributed by atoms with Gasteiger partial charge in [-0.1, -0.05) is 13.8 Å². The number of hydrogen-bond acceptors (Lipinski definition) is 2. The molecule has 0 aliphatic carbocycles. The van der Waals surface area contributed by atoms with Crippen LogP contribution < -0.4 is 10.6 Å². The number of rotatable bonds is 1. The summed E-state index contributed by atoms with van der Waals surface area (Å²) in [6.07, 6.45) is 1.04. The van der Waals surface area contributed by atoms with E-state index in [1.165, 1.54) is 0 Å². The SMILES string of the molecule is CC(C)C1NCCCNC1=O. The fraction of sp³-hybridized carbons (Fsp3) is 0.875. The maximum absolute atomic E-state index is 11.3. The lowest BCUT2D eigenvalue weighted by Gasteiger charge is -2.17. The third-order valence-corrected chi connectivity index (χ3v) is 1.97. The average molecular weight is 156 g/mol. The van der Waals surface area contributed by atoms with Gasteiger partial charge in [-0.25, -0.2) is 0 Å². The molecule has 1 rings (SSSR count). The van der Waals surface area contributed by atoms with Crippen LogP contribution in [0.5, 0.6) is 0 Å². The summed E-state index contributed by atoms with van der Waals surface area (Å²) < 4.78 is 0. The van der Waals surface area contributed by atoms with Gasteiger partial charge in [0.25, 0.3) is 0 Å². The Balaban J connectivity index is 2.52. The summed E-state index contributed by atoms with van der Waals surface area (Å²) in [7, 11) is 0. The molecule has 0 radical (unpaired) electrons. The molecule has 1 amide bonds. The zero-order chi connectivity index (χ0) is 8.27. The van der Waals surface area contributed by atoms with Crippen LogP contribution in [0.2, 0.25) is 0 Å². The molecule has 0 saturated carbocycles.